The third kappa shape index (κ3) is 1.97. The molecular formula is C6H12N4. The van der Waals surface area contributed by atoms with Crippen LogP contribution >= 0.6 is 0 Å². The normalized spacial score (nSPS) is 8.20. The van der Waals surface area contributed by atoms with Crippen LogP contribution in [0.5, 0.6) is 0 Å². The highest BCUT2D eigenvalue weighted by Gasteiger charge is 1.92. The fourth-order valence-electron chi connectivity index (χ4n) is 0.541. The van der Waals surface area contributed by atoms with E-state index in [4.69, 9.17) is 0 Å². The second-order valence-electron chi connectivity index (χ2n) is 1.54. The Bertz CT molecular complexity index is 182. The predicted octanol–water partition coefficient (Wildman–Crippen LogP) is 0.804. The summed E-state index contributed by atoms with van der Waals surface area (Å²) in [7, 11) is 0. The lowest BCUT2D eigenvalue weighted by atomic mass is 10.6. The van der Waals surface area contributed by atoms with Gasteiger partial charge in [0.1, 0.15) is 5.82 Å². The molecule has 4 nitrogen and oxygen atoms in total. The monoisotopic (exact) mass is 140 g/mol. The Balaban J connectivity index is 0.000000371. The maximum Gasteiger partial charge on any atom is 0.148 e. The van der Waals surface area contributed by atoms with Crippen LogP contribution in [0.15, 0.2) is 13.2 Å². The minimum Gasteiger partial charge on any atom is -0.230 e. The van der Waals surface area contributed by atoms with Crippen LogP contribution in [0.3, 0.4) is 0 Å². The van der Waals surface area contributed by atoms with Crippen LogP contribution in [0, 0.1) is 6.92 Å². The van der Waals surface area contributed by atoms with Crippen LogP contribution < -0.4 is 0 Å². The van der Waals surface area contributed by atoms with Crippen molar-refractivity contribution in [2.45, 2.75) is 20.4 Å². The number of nitrogens with zero attached hydrogens (tertiary/aromatic N) is 4. The quantitative estimate of drug-likeness (QED) is 0.542. The maximum atomic E-state index is 3.69. The molecule has 0 N–H and O–H groups in total. The van der Waals surface area contributed by atoms with Gasteiger partial charge in [0.25, 0.3) is 0 Å². The fourth-order valence-corrected chi connectivity index (χ4v) is 0.541. The van der Waals surface area contributed by atoms with Gasteiger partial charge in [-0.2, -0.15) is 0 Å². The van der Waals surface area contributed by atoms with Gasteiger partial charge in [-0.15, -0.1) is 18.3 Å². The SMILES string of the molecule is C=C.CCn1nnnc1C. The first kappa shape index (κ1) is 8.81. The van der Waals surface area contributed by atoms with Gasteiger partial charge in [-0.25, -0.2) is 4.68 Å². The van der Waals surface area contributed by atoms with Crippen LogP contribution in [0.1, 0.15) is 12.7 Å². The van der Waals surface area contributed by atoms with Crippen LogP contribution in [-0.2, 0) is 6.54 Å². The molecule has 0 radical (unpaired) electrons. The number of aromatic nitrogens is 4. The molecule has 0 amide bonds. The Morgan fingerprint density at radius 1 is 1.50 bits per heavy atom. The molecule has 1 heterocycles. The minimum atomic E-state index is 0.846. The molecule has 0 atom stereocenters. The molecule has 0 unspecified atom stereocenters. The molecule has 0 fully saturated rings. The topological polar surface area (TPSA) is 43.6 Å². The van der Waals surface area contributed by atoms with E-state index in [1.54, 1.807) is 4.68 Å². The van der Waals surface area contributed by atoms with E-state index in [0.717, 1.165) is 12.4 Å². The van der Waals surface area contributed by atoms with Gasteiger partial charge in [-0.3, -0.25) is 0 Å². The van der Waals surface area contributed by atoms with E-state index in [1.807, 2.05) is 13.8 Å². The van der Waals surface area contributed by atoms with E-state index in [1.165, 1.54) is 0 Å². The second-order valence-corrected chi connectivity index (χ2v) is 1.54. The molecule has 0 saturated heterocycles. The molecule has 1 aromatic heterocycles. The molecule has 0 saturated carbocycles. The van der Waals surface area contributed by atoms with Crippen LogP contribution in [0.2, 0.25) is 0 Å². The molecule has 10 heavy (non-hydrogen) atoms. The largest absolute Gasteiger partial charge is 0.230 e. The third-order valence-electron chi connectivity index (χ3n) is 1.01. The van der Waals surface area contributed by atoms with Gasteiger partial charge in [0.05, 0.1) is 0 Å². The summed E-state index contributed by atoms with van der Waals surface area (Å²) in [5.74, 6) is 0.868. The van der Waals surface area contributed by atoms with E-state index in [0.29, 0.717) is 0 Å². The summed E-state index contributed by atoms with van der Waals surface area (Å²) in [6.07, 6.45) is 0. The first-order valence-electron chi connectivity index (χ1n) is 3.07. The summed E-state index contributed by atoms with van der Waals surface area (Å²) >= 11 is 0. The van der Waals surface area contributed by atoms with Gasteiger partial charge in [0.15, 0.2) is 0 Å². The van der Waals surface area contributed by atoms with Crippen molar-refractivity contribution in [1.29, 1.82) is 0 Å². The zero-order valence-electron chi connectivity index (χ0n) is 6.41. The first-order chi connectivity index (χ1) is 4.84. The molecule has 1 aromatic rings. The Hall–Kier alpha value is -1.19. The Morgan fingerprint density at radius 2 is 2.10 bits per heavy atom. The first-order valence-corrected chi connectivity index (χ1v) is 3.07. The summed E-state index contributed by atoms with van der Waals surface area (Å²) in [5.41, 5.74) is 0. The van der Waals surface area contributed by atoms with Gasteiger partial charge >= 0.3 is 0 Å². The lowest BCUT2D eigenvalue weighted by Gasteiger charge is -1.90. The number of aryl methyl sites for hydroxylation is 2. The van der Waals surface area contributed by atoms with E-state index in [9.17, 15) is 0 Å². The molecular weight excluding hydrogens is 128 g/mol. The van der Waals surface area contributed by atoms with Crippen molar-refractivity contribution < 1.29 is 0 Å². The minimum absolute atomic E-state index is 0.846. The predicted molar refractivity (Wildman–Crippen MR) is 39.5 cm³/mol. The highest BCUT2D eigenvalue weighted by atomic mass is 15.5. The molecule has 0 bridgehead atoms. The maximum absolute atomic E-state index is 3.69. The zero-order valence-corrected chi connectivity index (χ0v) is 6.41. The third-order valence-corrected chi connectivity index (χ3v) is 1.01. The molecule has 0 aliphatic heterocycles. The molecule has 56 valence electrons. The summed E-state index contributed by atoms with van der Waals surface area (Å²) in [6, 6.07) is 0. The van der Waals surface area contributed by atoms with Crippen molar-refractivity contribution in [2.24, 2.45) is 0 Å². The van der Waals surface area contributed by atoms with Gasteiger partial charge in [-0.1, -0.05) is 0 Å². The fraction of sp³-hybridized carbons (Fsp3) is 0.500. The summed E-state index contributed by atoms with van der Waals surface area (Å²) < 4.78 is 1.74. The number of hydrogen-bond donors (Lipinski definition) is 0. The van der Waals surface area contributed by atoms with Crippen LogP contribution in [0.4, 0.5) is 0 Å². The lowest BCUT2D eigenvalue weighted by Crippen LogP contribution is -1.98. The van der Waals surface area contributed by atoms with Gasteiger partial charge in [0.2, 0.25) is 0 Å². The highest BCUT2D eigenvalue weighted by molar-refractivity contribution is 4.71. The van der Waals surface area contributed by atoms with E-state index < -0.39 is 0 Å². The van der Waals surface area contributed by atoms with E-state index in [-0.39, 0.29) is 0 Å². The lowest BCUT2D eigenvalue weighted by molar-refractivity contribution is 0.611. The number of rotatable bonds is 1. The molecule has 0 aromatic carbocycles. The standard InChI is InChI=1S/C4H8N4.C2H4/c1-3-8-4(2)5-6-7-8;1-2/h3H2,1-2H3;1-2H2. The van der Waals surface area contributed by atoms with E-state index >= 15 is 0 Å². The highest BCUT2D eigenvalue weighted by Crippen LogP contribution is 1.84. The van der Waals surface area contributed by atoms with Crippen LogP contribution in [0.25, 0.3) is 0 Å². The molecule has 1 rings (SSSR count). The van der Waals surface area contributed by atoms with Crippen molar-refractivity contribution in [3.63, 3.8) is 0 Å². The van der Waals surface area contributed by atoms with Crippen molar-refractivity contribution >= 4 is 0 Å². The van der Waals surface area contributed by atoms with Crippen molar-refractivity contribution in [3.8, 4) is 0 Å². The zero-order chi connectivity index (χ0) is 7.98. The van der Waals surface area contributed by atoms with Gasteiger partial charge in [0, 0.05) is 6.54 Å². The number of tetrazole rings is 1. The Kier molecular flexibility index (Phi) is 4.11. The average molecular weight is 140 g/mol. The molecule has 4 heteroatoms. The van der Waals surface area contributed by atoms with Crippen molar-refractivity contribution in [1.82, 2.24) is 20.2 Å². The van der Waals surface area contributed by atoms with Crippen LogP contribution in [-0.4, -0.2) is 20.2 Å². The van der Waals surface area contributed by atoms with Gasteiger partial charge < -0.3 is 0 Å². The Morgan fingerprint density at radius 3 is 2.30 bits per heavy atom. The molecule has 0 spiro atoms. The van der Waals surface area contributed by atoms with E-state index in [2.05, 4.69) is 28.7 Å². The second kappa shape index (κ2) is 4.67. The number of hydrogen-bond acceptors (Lipinski definition) is 3. The summed E-state index contributed by atoms with van der Waals surface area (Å²) in [6.45, 7) is 10.7. The Labute approximate surface area is 60.6 Å². The smallest absolute Gasteiger partial charge is 0.148 e. The van der Waals surface area contributed by atoms with Crippen molar-refractivity contribution in [2.75, 3.05) is 0 Å². The van der Waals surface area contributed by atoms with Gasteiger partial charge in [-0.05, 0) is 24.3 Å². The summed E-state index contributed by atoms with van der Waals surface area (Å²) in [4.78, 5) is 0. The molecule has 0 aliphatic rings. The average Bonchev–Trinajstić information content (AvgIpc) is 2.39. The van der Waals surface area contributed by atoms with Crippen molar-refractivity contribution in [3.05, 3.63) is 19.0 Å². The summed E-state index contributed by atoms with van der Waals surface area (Å²) in [5, 5.41) is 10.8. The molecule has 0 aliphatic carbocycles.